The molecular weight excluding hydrogens is 493 g/mol. The fraction of sp³-hybridized carbons (Fsp3) is 0.231. The van der Waals surface area contributed by atoms with Crippen LogP contribution in [0, 0.1) is 4.91 Å². The van der Waals surface area contributed by atoms with Gasteiger partial charge in [0.25, 0.3) is 0 Å². The first-order valence-corrected chi connectivity index (χ1v) is 11.2. The summed E-state index contributed by atoms with van der Waals surface area (Å²) in [5.41, 5.74) is 2.03. The summed E-state index contributed by atoms with van der Waals surface area (Å²) in [6.07, 6.45) is -2.79. The molecular formula is C26H23F3N2O6. The van der Waals surface area contributed by atoms with E-state index in [0.29, 0.717) is 17.7 Å². The summed E-state index contributed by atoms with van der Waals surface area (Å²) in [7, 11) is 1.09. The third-order valence-electron chi connectivity index (χ3n) is 5.35. The number of methoxy groups -OCH3 is 1. The summed E-state index contributed by atoms with van der Waals surface area (Å²) >= 11 is 0. The standard InChI is InChI=1S/C26H23F3N2O6/c1-35-25(33)24(32)31(16-6-5-9-18-7-3-2-4-8-18)20-12-15-23(37-30-34)22(17-20)19-10-13-21(14-11-19)36-26(27,28)29/h2-4,7-8,10-15,17H,5-6,9,16H2,1H3. The zero-order chi connectivity index (χ0) is 26.8. The number of carbonyl (C=O) groups is 2. The van der Waals surface area contributed by atoms with Crippen molar-refractivity contribution in [3.8, 4) is 22.6 Å². The van der Waals surface area contributed by atoms with Crippen LogP contribution < -0.4 is 14.5 Å². The third kappa shape index (κ3) is 7.79. The number of nitrogens with zero attached hydrogens (tertiary/aromatic N) is 2. The van der Waals surface area contributed by atoms with E-state index < -0.39 is 24.0 Å². The summed E-state index contributed by atoms with van der Waals surface area (Å²) in [4.78, 5) is 41.6. The molecule has 0 fully saturated rings. The first-order chi connectivity index (χ1) is 17.7. The lowest BCUT2D eigenvalue weighted by molar-refractivity contribution is -0.274. The minimum atomic E-state index is -4.85. The van der Waals surface area contributed by atoms with Crippen LogP contribution in [0.4, 0.5) is 18.9 Å². The third-order valence-corrected chi connectivity index (χ3v) is 5.35. The molecule has 8 nitrogen and oxygen atoms in total. The molecule has 3 rings (SSSR count). The summed E-state index contributed by atoms with van der Waals surface area (Å²) < 4.78 is 46.0. The SMILES string of the molecule is COC(=O)C(=O)N(CCCCc1ccccc1)c1ccc(ON=O)c(-c2ccc(OC(F)(F)F)cc2)c1. The number of rotatable bonds is 10. The Kier molecular flexibility index (Phi) is 9.20. The molecule has 0 N–H and O–H groups in total. The molecule has 3 aromatic rings. The molecule has 194 valence electrons. The fourth-order valence-corrected chi connectivity index (χ4v) is 3.66. The van der Waals surface area contributed by atoms with Crippen LogP contribution in [-0.4, -0.2) is 31.9 Å². The van der Waals surface area contributed by atoms with E-state index in [1.807, 2.05) is 30.3 Å². The lowest BCUT2D eigenvalue weighted by atomic mass is 10.0. The Morgan fingerprint density at radius 3 is 2.27 bits per heavy atom. The van der Waals surface area contributed by atoms with E-state index in [4.69, 9.17) is 4.84 Å². The topological polar surface area (TPSA) is 94.5 Å². The first kappa shape index (κ1) is 27.2. The van der Waals surface area contributed by atoms with E-state index in [9.17, 15) is 27.7 Å². The summed E-state index contributed by atoms with van der Waals surface area (Å²) in [5, 5.41) is 2.42. The molecule has 37 heavy (non-hydrogen) atoms. The summed E-state index contributed by atoms with van der Waals surface area (Å²) in [6.45, 7) is 0.185. The molecule has 0 radical (unpaired) electrons. The Morgan fingerprint density at radius 1 is 0.946 bits per heavy atom. The number of esters is 1. The second-order valence-electron chi connectivity index (χ2n) is 7.81. The van der Waals surface area contributed by atoms with Crippen molar-refractivity contribution in [2.24, 2.45) is 5.34 Å². The van der Waals surface area contributed by atoms with Crippen molar-refractivity contribution in [1.29, 1.82) is 0 Å². The molecule has 0 saturated carbocycles. The van der Waals surface area contributed by atoms with Gasteiger partial charge in [-0.3, -0.25) is 4.79 Å². The Bertz CT molecular complexity index is 1220. The highest BCUT2D eigenvalue weighted by molar-refractivity contribution is 6.38. The molecule has 0 spiro atoms. The highest BCUT2D eigenvalue weighted by Crippen LogP contribution is 2.36. The second kappa shape index (κ2) is 12.5. The number of benzene rings is 3. The fourth-order valence-electron chi connectivity index (χ4n) is 3.66. The maximum atomic E-state index is 12.8. The molecule has 0 atom stereocenters. The highest BCUT2D eigenvalue weighted by Gasteiger charge is 2.31. The van der Waals surface area contributed by atoms with Crippen molar-refractivity contribution < 1.29 is 37.1 Å². The maximum Gasteiger partial charge on any atom is 0.573 e. The lowest BCUT2D eigenvalue weighted by Gasteiger charge is -2.23. The van der Waals surface area contributed by atoms with E-state index in [2.05, 4.69) is 14.8 Å². The predicted molar refractivity (Wildman–Crippen MR) is 129 cm³/mol. The van der Waals surface area contributed by atoms with Gasteiger partial charge in [-0.15, -0.1) is 18.1 Å². The number of hydrogen-bond acceptors (Lipinski definition) is 7. The molecule has 0 aromatic heterocycles. The van der Waals surface area contributed by atoms with Crippen LogP contribution in [0.5, 0.6) is 11.5 Å². The van der Waals surface area contributed by atoms with Crippen molar-refractivity contribution in [3.63, 3.8) is 0 Å². The van der Waals surface area contributed by atoms with Gasteiger partial charge in [-0.25, -0.2) is 4.79 Å². The molecule has 11 heteroatoms. The number of ether oxygens (including phenoxy) is 2. The number of halogens is 3. The van der Waals surface area contributed by atoms with Crippen LogP contribution in [0.2, 0.25) is 0 Å². The van der Waals surface area contributed by atoms with Crippen molar-refractivity contribution >= 4 is 17.6 Å². The van der Waals surface area contributed by atoms with Crippen LogP contribution in [0.3, 0.4) is 0 Å². The molecule has 0 unspecified atom stereocenters. The van der Waals surface area contributed by atoms with Crippen molar-refractivity contribution in [2.45, 2.75) is 25.6 Å². The Balaban J connectivity index is 1.88. The predicted octanol–water partition coefficient (Wildman–Crippen LogP) is 5.84. The lowest BCUT2D eigenvalue weighted by Crippen LogP contribution is -2.38. The number of unbranched alkanes of at least 4 members (excludes halogenated alkanes) is 1. The first-order valence-electron chi connectivity index (χ1n) is 11.2. The average Bonchev–Trinajstić information content (AvgIpc) is 2.88. The molecule has 0 aliphatic heterocycles. The van der Waals surface area contributed by atoms with E-state index in [0.717, 1.165) is 37.6 Å². The van der Waals surface area contributed by atoms with Crippen LogP contribution in [-0.2, 0) is 20.7 Å². The molecule has 3 aromatic carbocycles. The van der Waals surface area contributed by atoms with E-state index in [-0.39, 0.29) is 17.9 Å². The largest absolute Gasteiger partial charge is 0.573 e. The van der Waals surface area contributed by atoms with E-state index >= 15 is 0 Å². The monoisotopic (exact) mass is 516 g/mol. The quantitative estimate of drug-likeness (QED) is 0.110. The average molecular weight is 516 g/mol. The van der Waals surface area contributed by atoms with Gasteiger partial charge in [0.2, 0.25) is 0 Å². The number of carbonyl (C=O) groups excluding carboxylic acids is 2. The van der Waals surface area contributed by atoms with Crippen LogP contribution >= 0.6 is 0 Å². The maximum absolute atomic E-state index is 12.8. The molecule has 0 heterocycles. The van der Waals surface area contributed by atoms with Gasteiger partial charge in [-0.1, -0.05) is 42.5 Å². The second-order valence-corrected chi connectivity index (χ2v) is 7.81. The Morgan fingerprint density at radius 2 is 1.65 bits per heavy atom. The van der Waals surface area contributed by atoms with Gasteiger partial charge in [0.05, 0.1) is 7.11 Å². The van der Waals surface area contributed by atoms with Gasteiger partial charge in [0.15, 0.2) is 11.1 Å². The van der Waals surface area contributed by atoms with Crippen molar-refractivity contribution in [2.75, 3.05) is 18.6 Å². The van der Waals surface area contributed by atoms with E-state index in [1.54, 1.807) is 0 Å². The number of alkyl halides is 3. The minimum Gasteiger partial charge on any atom is -0.462 e. The van der Waals surface area contributed by atoms with Crippen LogP contribution in [0.1, 0.15) is 18.4 Å². The normalized spacial score (nSPS) is 10.9. The number of hydrogen-bond donors (Lipinski definition) is 0. The molecule has 1 amide bonds. The number of amides is 1. The van der Waals surface area contributed by atoms with Gasteiger partial charge >= 0.3 is 18.2 Å². The number of aryl methyl sites for hydroxylation is 1. The van der Waals surface area contributed by atoms with Crippen molar-refractivity contribution in [3.05, 3.63) is 83.3 Å². The molecule has 0 aliphatic rings. The summed E-state index contributed by atoms with van der Waals surface area (Å²) in [6, 6.07) is 18.9. The van der Waals surface area contributed by atoms with Gasteiger partial charge in [0.1, 0.15) is 5.75 Å². The zero-order valence-corrected chi connectivity index (χ0v) is 19.7. The number of anilines is 1. The van der Waals surface area contributed by atoms with Crippen LogP contribution in [0.15, 0.2) is 78.1 Å². The zero-order valence-electron chi connectivity index (χ0n) is 19.7. The summed E-state index contributed by atoms with van der Waals surface area (Å²) in [5.74, 6) is -2.40. The molecule has 0 aliphatic carbocycles. The van der Waals surface area contributed by atoms with Gasteiger partial charge in [-0.05, 0) is 60.7 Å². The van der Waals surface area contributed by atoms with E-state index in [1.165, 1.54) is 35.2 Å². The highest BCUT2D eigenvalue weighted by atomic mass is 19.4. The van der Waals surface area contributed by atoms with Gasteiger partial charge in [-0.2, -0.15) is 0 Å². The Labute approximate surface area is 210 Å². The Hall–Kier alpha value is -4.41. The van der Waals surface area contributed by atoms with Crippen molar-refractivity contribution in [1.82, 2.24) is 0 Å². The smallest absolute Gasteiger partial charge is 0.462 e. The van der Waals surface area contributed by atoms with Gasteiger partial charge < -0.3 is 19.2 Å². The minimum absolute atomic E-state index is 0.00205. The van der Waals surface area contributed by atoms with Crippen LogP contribution in [0.25, 0.3) is 11.1 Å². The molecule has 0 bridgehead atoms. The molecule has 0 saturated heterocycles. The van der Waals surface area contributed by atoms with Gasteiger partial charge in [0, 0.05) is 17.8 Å².